The Morgan fingerprint density at radius 3 is 2.59 bits per heavy atom. The van der Waals surface area contributed by atoms with Crippen LogP contribution in [0.15, 0.2) is 12.1 Å². The van der Waals surface area contributed by atoms with Gasteiger partial charge in [0.2, 0.25) is 0 Å². The lowest BCUT2D eigenvalue weighted by Crippen LogP contribution is -2.56. The van der Waals surface area contributed by atoms with Gasteiger partial charge in [0.05, 0.1) is 11.7 Å². The van der Waals surface area contributed by atoms with Crippen LogP contribution in [0, 0.1) is 29.0 Å². The lowest BCUT2D eigenvalue weighted by molar-refractivity contribution is -0.137. The molecule has 1 aromatic rings. The second-order valence-electron chi connectivity index (χ2n) is 8.97. The molecule has 1 amide bonds. The molecule has 1 saturated heterocycles. The number of fused-ring (bicyclic) bond motifs is 3. The van der Waals surface area contributed by atoms with Crippen LogP contribution in [0.1, 0.15) is 55.2 Å². The van der Waals surface area contributed by atoms with Crippen molar-refractivity contribution in [3.05, 3.63) is 34.6 Å². The molecule has 1 aliphatic heterocycles. The predicted molar refractivity (Wildman–Crippen MR) is 112 cm³/mol. The monoisotopic (exact) mass is 412 g/mol. The zero-order valence-electron chi connectivity index (χ0n) is 16.8. The number of nitrogens with one attached hydrogen (secondary N) is 1. The first-order valence-corrected chi connectivity index (χ1v) is 10.8. The van der Waals surface area contributed by atoms with Gasteiger partial charge in [-0.25, -0.2) is 4.39 Å². The summed E-state index contributed by atoms with van der Waals surface area (Å²) in [5.74, 6) is 6.23. The van der Waals surface area contributed by atoms with Crippen LogP contribution in [0.4, 0.5) is 4.39 Å². The van der Waals surface area contributed by atoms with Gasteiger partial charge in [-0.3, -0.25) is 9.69 Å². The van der Waals surface area contributed by atoms with Crippen molar-refractivity contribution in [2.75, 3.05) is 14.2 Å². The highest BCUT2D eigenvalue weighted by molar-refractivity contribution is 7.80. The van der Waals surface area contributed by atoms with Crippen molar-refractivity contribution in [1.29, 1.82) is 0 Å². The Morgan fingerprint density at radius 2 is 2.00 bits per heavy atom. The van der Waals surface area contributed by atoms with E-state index in [1.807, 2.05) is 6.07 Å². The molecule has 1 atom stereocenters. The number of methoxy groups -OCH3 is 1. The minimum absolute atomic E-state index is 0.0372. The summed E-state index contributed by atoms with van der Waals surface area (Å²) in [6, 6.07) is 3.41. The van der Waals surface area contributed by atoms with Crippen LogP contribution in [0.2, 0.25) is 0 Å². The summed E-state index contributed by atoms with van der Waals surface area (Å²) >= 11 is 5.48. The van der Waals surface area contributed by atoms with Gasteiger partial charge < -0.3 is 10.1 Å². The number of nitrogens with zero attached hydrogens (tertiary/aromatic N) is 1. The minimum Gasteiger partial charge on any atom is -0.381 e. The maximum atomic E-state index is 14.8. The van der Waals surface area contributed by atoms with E-state index in [0.29, 0.717) is 23.0 Å². The largest absolute Gasteiger partial charge is 0.381 e. The Bertz CT molecular complexity index is 969. The lowest BCUT2D eigenvalue weighted by Gasteiger charge is -2.46. The van der Waals surface area contributed by atoms with E-state index in [9.17, 15) is 9.18 Å². The summed E-state index contributed by atoms with van der Waals surface area (Å²) in [7, 11) is 3.46. The zero-order valence-corrected chi connectivity index (χ0v) is 17.6. The minimum atomic E-state index is -0.934. The van der Waals surface area contributed by atoms with Crippen LogP contribution in [-0.2, 0) is 21.5 Å². The maximum absolute atomic E-state index is 14.8. The summed E-state index contributed by atoms with van der Waals surface area (Å²) in [5, 5.41) is 3.83. The first-order chi connectivity index (χ1) is 13.9. The number of ether oxygens (including phenoxy) is 1. The first kappa shape index (κ1) is 19.0. The average Bonchev–Trinajstić information content (AvgIpc) is 3.47. The van der Waals surface area contributed by atoms with Gasteiger partial charge in [0.25, 0.3) is 5.91 Å². The molecule has 1 heterocycles. The number of amides is 1. The quantitative estimate of drug-likeness (QED) is 0.568. The highest BCUT2D eigenvalue weighted by Gasteiger charge is 2.66. The number of benzene rings is 1. The third-order valence-electron chi connectivity index (χ3n) is 7.36. The van der Waals surface area contributed by atoms with E-state index in [0.717, 1.165) is 49.7 Å². The Kier molecular flexibility index (Phi) is 4.27. The summed E-state index contributed by atoms with van der Waals surface area (Å²) < 4.78 is 20.4. The number of carbonyl (C=O) groups is 1. The first-order valence-electron chi connectivity index (χ1n) is 10.4. The second kappa shape index (κ2) is 6.52. The van der Waals surface area contributed by atoms with Crippen LogP contribution in [-0.4, -0.2) is 36.2 Å². The summed E-state index contributed by atoms with van der Waals surface area (Å²) in [6.45, 7) is 0. The fourth-order valence-corrected chi connectivity index (χ4v) is 5.75. The number of halogens is 1. The van der Waals surface area contributed by atoms with Gasteiger partial charge in [-0.05, 0) is 80.4 Å². The van der Waals surface area contributed by atoms with E-state index in [1.165, 1.54) is 4.90 Å². The number of hydrogen-bond acceptors (Lipinski definition) is 3. The molecule has 1 unspecified atom stereocenters. The number of thiocarbonyl (C=S) groups is 1. The number of rotatable bonds is 1. The van der Waals surface area contributed by atoms with E-state index in [-0.39, 0.29) is 23.2 Å². The molecule has 4 nitrogen and oxygen atoms in total. The summed E-state index contributed by atoms with van der Waals surface area (Å²) in [6.07, 6.45) is 6.49. The van der Waals surface area contributed by atoms with Gasteiger partial charge in [-0.2, -0.15) is 0 Å². The SMILES string of the molecule is COC1CCC2(CC1)Cc1cc(F)c(C#CC3CC3)cc1C21NC(=S)N(C)C1=O. The molecule has 2 saturated carbocycles. The summed E-state index contributed by atoms with van der Waals surface area (Å²) in [5.41, 5.74) is 0.871. The third kappa shape index (κ3) is 2.67. The molecule has 4 aliphatic rings. The van der Waals surface area contributed by atoms with Crippen molar-refractivity contribution < 1.29 is 13.9 Å². The Morgan fingerprint density at radius 1 is 1.28 bits per heavy atom. The molecule has 3 aliphatic carbocycles. The standard InChI is InChI=1S/C23H25FN2O2S/c1-26-20(27)23(25-21(26)29)18-11-15(6-5-14-3-4-14)19(24)12-16(18)13-22(23)9-7-17(28-2)8-10-22/h11-12,14,17H,3-4,7-10,13H2,1-2H3,(H,25,29). The molecular formula is C23H25FN2O2S. The van der Waals surface area contributed by atoms with Crippen LogP contribution >= 0.6 is 12.2 Å². The molecule has 5 rings (SSSR count). The van der Waals surface area contributed by atoms with Crippen molar-refractivity contribution in [2.24, 2.45) is 11.3 Å². The maximum Gasteiger partial charge on any atom is 0.259 e. The fourth-order valence-electron chi connectivity index (χ4n) is 5.51. The zero-order chi connectivity index (χ0) is 20.4. The van der Waals surface area contributed by atoms with E-state index in [4.69, 9.17) is 17.0 Å². The number of likely N-dealkylation sites (N-methyl/N-ethyl adjacent to an activating group) is 1. The van der Waals surface area contributed by atoms with Gasteiger partial charge in [-0.1, -0.05) is 11.8 Å². The van der Waals surface area contributed by atoms with E-state index >= 15 is 0 Å². The normalized spacial score (nSPS) is 33.1. The molecule has 1 N–H and O–H groups in total. The highest BCUT2D eigenvalue weighted by Crippen LogP contribution is 2.60. The molecule has 6 heteroatoms. The highest BCUT2D eigenvalue weighted by atomic mass is 32.1. The van der Waals surface area contributed by atoms with Crippen molar-refractivity contribution in [3.8, 4) is 11.8 Å². The van der Waals surface area contributed by atoms with Crippen LogP contribution in [0.5, 0.6) is 0 Å². The molecule has 0 radical (unpaired) electrons. The average molecular weight is 413 g/mol. The lowest BCUT2D eigenvalue weighted by atomic mass is 9.61. The van der Waals surface area contributed by atoms with Gasteiger partial charge in [0.15, 0.2) is 10.7 Å². The molecular weight excluding hydrogens is 387 g/mol. The summed E-state index contributed by atoms with van der Waals surface area (Å²) in [4.78, 5) is 15.1. The Balaban J connectivity index is 1.65. The Hall–Kier alpha value is -1.97. The van der Waals surface area contributed by atoms with Gasteiger partial charge in [0, 0.05) is 25.5 Å². The van der Waals surface area contributed by atoms with E-state index in [1.54, 1.807) is 20.2 Å². The van der Waals surface area contributed by atoms with Crippen molar-refractivity contribution in [3.63, 3.8) is 0 Å². The smallest absolute Gasteiger partial charge is 0.259 e. The van der Waals surface area contributed by atoms with Gasteiger partial charge >= 0.3 is 0 Å². The molecule has 29 heavy (non-hydrogen) atoms. The molecule has 0 bridgehead atoms. The number of hydrogen-bond donors (Lipinski definition) is 1. The topological polar surface area (TPSA) is 41.6 Å². The van der Waals surface area contributed by atoms with Crippen LogP contribution < -0.4 is 5.32 Å². The van der Waals surface area contributed by atoms with Crippen LogP contribution in [0.3, 0.4) is 0 Å². The van der Waals surface area contributed by atoms with E-state index in [2.05, 4.69) is 17.2 Å². The third-order valence-corrected chi connectivity index (χ3v) is 7.73. The second-order valence-corrected chi connectivity index (χ2v) is 9.36. The molecule has 3 fully saturated rings. The Labute approximate surface area is 176 Å². The van der Waals surface area contributed by atoms with E-state index < -0.39 is 5.54 Å². The van der Waals surface area contributed by atoms with Crippen molar-refractivity contribution in [2.45, 2.75) is 56.6 Å². The molecule has 1 aromatic carbocycles. The van der Waals surface area contributed by atoms with Crippen LogP contribution in [0.25, 0.3) is 0 Å². The predicted octanol–water partition coefficient (Wildman–Crippen LogP) is 3.26. The molecule has 2 spiro atoms. The van der Waals surface area contributed by atoms with Gasteiger partial charge in [-0.15, -0.1) is 0 Å². The van der Waals surface area contributed by atoms with Gasteiger partial charge in [0.1, 0.15) is 5.82 Å². The fraction of sp³-hybridized carbons (Fsp3) is 0.565. The van der Waals surface area contributed by atoms with Crippen molar-refractivity contribution in [1.82, 2.24) is 10.2 Å². The molecule has 0 aromatic heterocycles. The van der Waals surface area contributed by atoms with Crippen molar-refractivity contribution >= 4 is 23.2 Å². The molecule has 152 valence electrons. The number of carbonyl (C=O) groups excluding carboxylic acids is 1.